The number of halogens is 3. The Morgan fingerprint density at radius 2 is 1.81 bits per heavy atom. The standard InChI is InChI=1S/C15H18F3N3O4S/c1-24-21(10-11-6-8-25-9-7-11)26(22,23)13-4-2-12(3-5-13)14(19-20-14)15(16,17)18/h2-5,11H,6-10H2,1H3. The average molecular weight is 393 g/mol. The van der Waals surface area contributed by atoms with Gasteiger partial charge in [-0.2, -0.15) is 13.2 Å². The van der Waals surface area contributed by atoms with Crippen LogP contribution in [0.2, 0.25) is 0 Å². The van der Waals surface area contributed by atoms with Crippen LogP contribution < -0.4 is 0 Å². The third-order valence-electron chi connectivity index (χ3n) is 4.47. The van der Waals surface area contributed by atoms with Gasteiger partial charge in [-0.1, -0.05) is 16.6 Å². The molecule has 7 nitrogen and oxygen atoms in total. The molecule has 0 aromatic heterocycles. The van der Waals surface area contributed by atoms with Gasteiger partial charge in [0.2, 0.25) is 0 Å². The monoisotopic (exact) mass is 393 g/mol. The van der Waals surface area contributed by atoms with Gasteiger partial charge in [-0.05, 0) is 30.9 Å². The number of hydrogen-bond acceptors (Lipinski definition) is 6. The third-order valence-corrected chi connectivity index (χ3v) is 6.17. The summed E-state index contributed by atoms with van der Waals surface area (Å²) in [5, 5.41) is 6.20. The lowest BCUT2D eigenvalue weighted by atomic mass is 10.0. The summed E-state index contributed by atoms with van der Waals surface area (Å²) in [7, 11) is -2.76. The van der Waals surface area contributed by atoms with E-state index < -0.39 is 21.9 Å². The highest BCUT2D eigenvalue weighted by atomic mass is 32.2. The molecule has 0 spiro atoms. The predicted octanol–water partition coefficient (Wildman–Crippen LogP) is 2.85. The molecule has 144 valence electrons. The van der Waals surface area contributed by atoms with E-state index in [1.807, 2.05) is 0 Å². The van der Waals surface area contributed by atoms with Crippen molar-refractivity contribution in [2.75, 3.05) is 26.9 Å². The van der Waals surface area contributed by atoms with Gasteiger partial charge in [0.15, 0.2) is 0 Å². The Morgan fingerprint density at radius 3 is 2.27 bits per heavy atom. The number of nitrogens with zero attached hydrogens (tertiary/aromatic N) is 3. The first-order chi connectivity index (χ1) is 12.2. The van der Waals surface area contributed by atoms with E-state index in [1.165, 1.54) is 7.11 Å². The van der Waals surface area contributed by atoms with Gasteiger partial charge in [0.25, 0.3) is 10.0 Å². The van der Waals surface area contributed by atoms with Crippen molar-refractivity contribution in [3.63, 3.8) is 0 Å². The molecule has 3 rings (SSSR count). The maximum absolute atomic E-state index is 13.0. The number of ether oxygens (including phenoxy) is 1. The van der Waals surface area contributed by atoms with E-state index in [9.17, 15) is 21.6 Å². The van der Waals surface area contributed by atoms with Crippen LogP contribution in [-0.4, -0.2) is 45.9 Å². The molecule has 0 N–H and O–H groups in total. The van der Waals surface area contributed by atoms with Gasteiger partial charge in [-0.3, -0.25) is 4.84 Å². The summed E-state index contributed by atoms with van der Waals surface area (Å²) < 4.78 is 70.6. The second-order valence-corrected chi connectivity index (χ2v) is 7.95. The zero-order valence-electron chi connectivity index (χ0n) is 13.9. The summed E-state index contributed by atoms with van der Waals surface area (Å²) in [6.45, 7) is 1.27. The molecule has 2 aliphatic rings. The van der Waals surface area contributed by atoms with Crippen molar-refractivity contribution in [3.8, 4) is 0 Å². The Morgan fingerprint density at radius 1 is 1.23 bits per heavy atom. The predicted molar refractivity (Wildman–Crippen MR) is 83.5 cm³/mol. The number of benzene rings is 1. The molecule has 1 fully saturated rings. The fraction of sp³-hybridized carbons (Fsp3) is 0.600. The Hall–Kier alpha value is -1.56. The van der Waals surface area contributed by atoms with Crippen molar-refractivity contribution in [2.45, 2.75) is 29.6 Å². The fourth-order valence-electron chi connectivity index (χ4n) is 2.83. The minimum absolute atomic E-state index is 0.0929. The molecule has 2 aliphatic heterocycles. The first kappa shape index (κ1) is 19.2. The fourth-order valence-corrected chi connectivity index (χ4v) is 4.15. The average Bonchev–Trinajstić information content (AvgIpc) is 3.42. The quantitative estimate of drug-likeness (QED) is 0.696. The lowest BCUT2D eigenvalue weighted by Crippen LogP contribution is -2.36. The number of rotatable bonds is 6. The van der Waals surface area contributed by atoms with Crippen LogP contribution in [0.3, 0.4) is 0 Å². The Labute approximate surface area is 148 Å². The van der Waals surface area contributed by atoms with Crippen LogP contribution in [0.1, 0.15) is 18.4 Å². The number of hydrogen-bond donors (Lipinski definition) is 0. The van der Waals surface area contributed by atoms with Crippen molar-refractivity contribution < 1.29 is 31.2 Å². The lowest BCUT2D eigenvalue weighted by molar-refractivity contribution is -0.166. The van der Waals surface area contributed by atoms with Gasteiger partial charge in [-0.15, -0.1) is 10.2 Å². The SMILES string of the molecule is CON(CC1CCOCC1)S(=O)(=O)c1ccc(C2(C(F)(F)F)N=N2)cc1. The lowest BCUT2D eigenvalue weighted by Gasteiger charge is -2.27. The van der Waals surface area contributed by atoms with E-state index >= 15 is 0 Å². The van der Waals surface area contributed by atoms with Gasteiger partial charge in [0, 0.05) is 25.3 Å². The molecule has 0 bridgehead atoms. The van der Waals surface area contributed by atoms with E-state index in [0.717, 1.165) is 28.7 Å². The van der Waals surface area contributed by atoms with Gasteiger partial charge < -0.3 is 4.74 Å². The number of sulfonamides is 1. The topological polar surface area (TPSA) is 80.6 Å². The minimum atomic E-state index is -4.66. The molecule has 2 heterocycles. The highest BCUT2D eigenvalue weighted by Crippen LogP contribution is 2.52. The summed E-state index contributed by atoms with van der Waals surface area (Å²) >= 11 is 0. The van der Waals surface area contributed by atoms with Crippen molar-refractivity contribution >= 4 is 10.0 Å². The molecule has 1 aromatic carbocycles. The summed E-state index contributed by atoms with van der Waals surface area (Å²) in [6, 6.07) is 4.36. The van der Waals surface area contributed by atoms with E-state index in [4.69, 9.17) is 9.57 Å². The first-order valence-electron chi connectivity index (χ1n) is 7.96. The number of alkyl halides is 3. The zero-order valence-corrected chi connectivity index (χ0v) is 14.8. The molecular weight excluding hydrogens is 375 g/mol. The van der Waals surface area contributed by atoms with E-state index in [-0.39, 0.29) is 22.9 Å². The molecule has 1 saturated heterocycles. The summed E-state index contributed by atoms with van der Waals surface area (Å²) in [5.74, 6) is 0.0929. The maximum Gasteiger partial charge on any atom is 0.442 e. The van der Waals surface area contributed by atoms with Crippen molar-refractivity contribution in [1.29, 1.82) is 0 Å². The second-order valence-electron chi connectivity index (χ2n) is 6.12. The van der Waals surface area contributed by atoms with Gasteiger partial charge >= 0.3 is 11.8 Å². The van der Waals surface area contributed by atoms with E-state index in [1.54, 1.807) is 0 Å². The molecule has 1 aromatic rings. The van der Waals surface area contributed by atoms with Crippen molar-refractivity contribution in [3.05, 3.63) is 29.8 Å². The molecule has 0 amide bonds. The normalized spacial score (nSPS) is 20.5. The number of hydroxylamine groups is 1. The minimum Gasteiger partial charge on any atom is -0.381 e. The highest BCUT2D eigenvalue weighted by molar-refractivity contribution is 7.89. The van der Waals surface area contributed by atoms with Crippen LogP contribution >= 0.6 is 0 Å². The summed E-state index contributed by atoms with van der Waals surface area (Å²) in [5.41, 5.74) is -2.80. The summed E-state index contributed by atoms with van der Waals surface area (Å²) in [4.78, 5) is 4.86. The van der Waals surface area contributed by atoms with Crippen LogP contribution in [0.5, 0.6) is 0 Å². The van der Waals surface area contributed by atoms with Crippen LogP contribution in [0, 0.1) is 5.92 Å². The Kier molecular flexibility index (Phi) is 5.08. The van der Waals surface area contributed by atoms with Gasteiger partial charge in [-0.25, -0.2) is 8.42 Å². The Balaban J connectivity index is 1.78. The third kappa shape index (κ3) is 3.48. The smallest absolute Gasteiger partial charge is 0.381 e. The van der Waals surface area contributed by atoms with Gasteiger partial charge in [0.05, 0.1) is 12.0 Å². The molecule has 0 saturated carbocycles. The highest BCUT2D eigenvalue weighted by Gasteiger charge is 2.65. The molecule has 11 heteroatoms. The Bertz CT molecular complexity index is 768. The van der Waals surface area contributed by atoms with Crippen LogP contribution in [0.25, 0.3) is 0 Å². The van der Waals surface area contributed by atoms with E-state index in [2.05, 4.69) is 10.2 Å². The van der Waals surface area contributed by atoms with Crippen LogP contribution in [0.15, 0.2) is 39.4 Å². The first-order valence-corrected chi connectivity index (χ1v) is 9.40. The van der Waals surface area contributed by atoms with Crippen LogP contribution in [0.4, 0.5) is 13.2 Å². The maximum atomic E-state index is 13.0. The van der Waals surface area contributed by atoms with Crippen LogP contribution in [-0.2, 0) is 25.3 Å². The molecule has 26 heavy (non-hydrogen) atoms. The second kappa shape index (κ2) is 6.87. The zero-order chi connectivity index (χ0) is 19.0. The molecule has 0 atom stereocenters. The molecular formula is C15H18F3N3O4S. The summed E-state index contributed by atoms with van der Waals surface area (Å²) in [6.07, 6.45) is -3.23. The van der Waals surface area contributed by atoms with Crippen molar-refractivity contribution in [1.82, 2.24) is 4.47 Å². The molecule has 0 radical (unpaired) electrons. The van der Waals surface area contributed by atoms with Gasteiger partial charge in [0.1, 0.15) is 0 Å². The largest absolute Gasteiger partial charge is 0.442 e. The van der Waals surface area contributed by atoms with Crippen molar-refractivity contribution in [2.24, 2.45) is 16.1 Å². The molecule has 0 aliphatic carbocycles. The molecule has 0 unspecified atom stereocenters. The van der Waals surface area contributed by atoms with E-state index in [0.29, 0.717) is 26.1 Å².